The number of aryl methyl sites for hydroxylation is 2. The molecular formula is C22H31ClN2O3. The number of aliphatic hydroxyl groups is 1. The van der Waals surface area contributed by atoms with Gasteiger partial charge in [0.05, 0.1) is 12.8 Å². The molecule has 1 N–H and O–H groups in total. The Balaban J connectivity index is 0.00000280. The van der Waals surface area contributed by atoms with Crippen molar-refractivity contribution < 1.29 is 14.6 Å². The smallest absolute Gasteiger partial charge is 0.142 e. The van der Waals surface area contributed by atoms with Gasteiger partial charge in [0, 0.05) is 32.7 Å². The van der Waals surface area contributed by atoms with E-state index in [1.165, 1.54) is 5.56 Å². The highest BCUT2D eigenvalue weighted by Crippen LogP contribution is 2.28. The van der Waals surface area contributed by atoms with E-state index in [1.807, 2.05) is 37.3 Å². The summed E-state index contributed by atoms with van der Waals surface area (Å²) in [5, 5.41) is 10.4. The lowest BCUT2D eigenvalue weighted by Crippen LogP contribution is -2.49. The highest BCUT2D eigenvalue weighted by molar-refractivity contribution is 5.85. The number of piperazine rings is 1. The van der Waals surface area contributed by atoms with Gasteiger partial charge in [-0.3, -0.25) is 4.90 Å². The number of methoxy groups -OCH3 is 1. The first-order valence-corrected chi connectivity index (χ1v) is 9.55. The average Bonchev–Trinajstić information content (AvgIpc) is 2.68. The molecule has 0 saturated carbocycles. The first-order valence-electron chi connectivity index (χ1n) is 9.55. The molecule has 5 nitrogen and oxygen atoms in total. The first-order chi connectivity index (χ1) is 13.1. The number of halogens is 1. The van der Waals surface area contributed by atoms with E-state index in [4.69, 9.17) is 9.47 Å². The van der Waals surface area contributed by atoms with E-state index in [-0.39, 0.29) is 12.4 Å². The molecule has 1 saturated heterocycles. The van der Waals surface area contributed by atoms with Crippen molar-refractivity contribution in [3.05, 3.63) is 53.6 Å². The van der Waals surface area contributed by atoms with Gasteiger partial charge in [-0.15, -0.1) is 12.4 Å². The van der Waals surface area contributed by atoms with Crippen molar-refractivity contribution in [3.8, 4) is 11.5 Å². The normalized spacial score (nSPS) is 15.6. The van der Waals surface area contributed by atoms with Crippen molar-refractivity contribution in [2.75, 3.05) is 51.3 Å². The van der Waals surface area contributed by atoms with Gasteiger partial charge in [-0.2, -0.15) is 0 Å². The Morgan fingerprint density at radius 3 is 2.39 bits per heavy atom. The number of hydrogen-bond acceptors (Lipinski definition) is 5. The fourth-order valence-corrected chi connectivity index (χ4v) is 3.56. The molecule has 2 aromatic rings. The third-order valence-electron chi connectivity index (χ3n) is 5.03. The standard InChI is InChI=1S/C22H30N2O3.ClH/c1-17-8-9-21(18(2)14-17)27-16-19(25)15-23-10-12-24(13-11-23)20-6-4-5-7-22(20)26-3;/h4-9,14,19,25H,10-13,15-16H2,1-3H3;1H. The molecule has 0 spiro atoms. The quantitative estimate of drug-likeness (QED) is 0.764. The van der Waals surface area contributed by atoms with Crippen LogP contribution in [0.25, 0.3) is 0 Å². The summed E-state index contributed by atoms with van der Waals surface area (Å²) in [6.45, 7) is 8.72. The summed E-state index contributed by atoms with van der Waals surface area (Å²) in [4.78, 5) is 4.63. The number of ether oxygens (including phenoxy) is 2. The molecule has 3 rings (SSSR count). The predicted octanol–water partition coefficient (Wildman–Crippen LogP) is 3.30. The van der Waals surface area contributed by atoms with Crippen LogP contribution in [0.4, 0.5) is 5.69 Å². The minimum Gasteiger partial charge on any atom is -0.495 e. The average molecular weight is 407 g/mol. The van der Waals surface area contributed by atoms with E-state index in [1.54, 1.807) is 7.11 Å². The van der Waals surface area contributed by atoms with Crippen LogP contribution in [-0.4, -0.2) is 62.6 Å². The van der Waals surface area contributed by atoms with Gasteiger partial charge in [-0.1, -0.05) is 29.8 Å². The van der Waals surface area contributed by atoms with Crippen LogP contribution in [-0.2, 0) is 0 Å². The number of hydrogen-bond donors (Lipinski definition) is 1. The molecule has 0 amide bonds. The van der Waals surface area contributed by atoms with Gasteiger partial charge in [0.2, 0.25) is 0 Å². The summed E-state index contributed by atoms with van der Waals surface area (Å²) in [5.74, 6) is 1.76. The summed E-state index contributed by atoms with van der Waals surface area (Å²) in [6.07, 6.45) is -0.497. The molecule has 1 unspecified atom stereocenters. The van der Waals surface area contributed by atoms with E-state index in [2.05, 4.69) is 28.9 Å². The van der Waals surface area contributed by atoms with Gasteiger partial charge in [0.15, 0.2) is 0 Å². The van der Waals surface area contributed by atoms with Crippen LogP contribution < -0.4 is 14.4 Å². The second-order valence-corrected chi connectivity index (χ2v) is 7.19. The SMILES string of the molecule is COc1ccccc1N1CCN(CC(O)COc2ccc(C)cc2C)CC1.Cl. The number of nitrogens with zero attached hydrogens (tertiary/aromatic N) is 2. The Bertz CT molecular complexity index is 748. The van der Waals surface area contributed by atoms with Gasteiger partial charge in [0.25, 0.3) is 0 Å². The molecule has 1 heterocycles. The van der Waals surface area contributed by atoms with Crippen LogP contribution in [0.3, 0.4) is 0 Å². The second-order valence-electron chi connectivity index (χ2n) is 7.19. The van der Waals surface area contributed by atoms with E-state index >= 15 is 0 Å². The highest BCUT2D eigenvalue weighted by Gasteiger charge is 2.21. The number of β-amino-alcohol motifs (C(OH)–C–C–N with tert-alkyl or cyclic N) is 1. The molecule has 0 aliphatic carbocycles. The Labute approximate surface area is 174 Å². The van der Waals surface area contributed by atoms with E-state index in [0.717, 1.165) is 48.9 Å². The Morgan fingerprint density at radius 2 is 1.71 bits per heavy atom. The van der Waals surface area contributed by atoms with Crippen molar-refractivity contribution >= 4 is 18.1 Å². The van der Waals surface area contributed by atoms with Crippen molar-refractivity contribution in [1.82, 2.24) is 4.90 Å². The maximum atomic E-state index is 10.4. The molecular weight excluding hydrogens is 376 g/mol. The fraction of sp³-hybridized carbons (Fsp3) is 0.455. The monoisotopic (exact) mass is 406 g/mol. The van der Waals surface area contributed by atoms with E-state index in [0.29, 0.717) is 13.2 Å². The maximum absolute atomic E-state index is 10.4. The van der Waals surface area contributed by atoms with Crippen molar-refractivity contribution in [1.29, 1.82) is 0 Å². The van der Waals surface area contributed by atoms with Crippen LogP contribution in [0.15, 0.2) is 42.5 Å². The van der Waals surface area contributed by atoms with Gasteiger partial charge in [-0.25, -0.2) is 0 Å². The molecule has 6 heteroatoms. The molecule has 1 atom stereocenters. The third kappa shape index (κ3) is 5.77. The van der Waals surface area contributed by atoms with Gasteiger partial charge >= 0.3 is 0 Å². The van der Waals surface area contributed by atoms with E-state index < -0.39 is 6.10 Å². The molecule has 1 aliphatic rings. The number of benzene rings is 2. The summed E-state index contributed by atoms with van der Waals surface area (Å²) in [7, 11) is 1.71. The molecule has 154 valence electrons. The van der Waals surface area contributed by atoms with Gasteiger partial charge < -0.3 is 19.5 Å². The minimum atomic E-state index is -0.497. The Hall–Kier alpha value is -1.95. The van der Waals surface area contributed by atoms with Gasteiger partial charge in [-0.05, 0) is 37.6 Å². The fourth-order valence-electron chi connectivity index (χ4n) is 3.56. The zero-order valence-electron chi connectivity index (χ0n) is 16.9. The maximum Gasteiger partial charge on any atom is 0.142 e. The van der Waals surface area contributed by atoms with Crippen LogP contribution in [0.1, 0.15) is 11.1 Å². The summed E-state index contributed by atoms with van der Waals surface area (Å²) >= 11 is 0. The number of rotatable bonds is 7. The first kappa shape index (κ1) is 22.3. The Kier molecular flexibility index (Phi) is 8.42. The number of aliphatic hydroxyl groups excluding tert-OH is 1. The van der Waals surface area contributed by atoms with Crippen molar-refractivity contribution in [2.24, 2.45) is 0 Å². The van der Waals surface area contributed by atoms with Crippen LogP contribution in [0, 0.1) is 13.8 Å². The minimum absolute atomic E-state index is 0. The van der Waals surface area contributed by atoms with Crippen molar-refractivity contribution in [2.45, 2.75) is 20.0 Å². The van der Waals surface area contributed by atoms with E-state index in [9.17, 15) is 5.11 Å². The number of para-hydroxylation sites is 2. The summed E-state index contributed by atoms with van der Waals surface area (Å²) in [6, 6.07) is 14.2. The molecule has 0 aromatic heterocycles. The van der Waals surface area contributed by atoms with Crippen molar-refractivity contribution in [3.63, 3.8) is 0 Å². The summed E-state index contributed by atoms with van der Waals surface area (Å²) in [5.41, 5.74) is 3.46. The molecule has 2 aromatic carbocycles. The van der Waals surface area contributed by atoms with Crippen LogP contribution in [0.5, 0.6) is 11.5 Å². The second kappa shape index (κ2) is 10.6. The lowest BCUT2D eigenvalue weighted by molar-refractivity contribution is 0.0660. The Morgan fingerprint density at radius 1 is 1.00 bits per heavy atom. The lowest BCUT2D eigenvalue weighted by Gasteiger charge is -2.37. The molecule has 1 aliphatic heterocycles. The predicted molar refractivity (Wildman–Crippen MR) is 116 cm³/mol. The number of anilines is 1. The molecule has 1 fully saturated rings. The topological polar surface area (TPSA) is 45.2 Å². The largest absolute Gasteiger partial charge is 0.495 e. The zero-order chi connectivity index (χ0) is 19.2. The zero-order valence-corrected chi connectivity index (χ0v) is 17.7. The molecule has 28 heavy (non-hydrogen) atoms. The third-order valence-corrected chi connectivity index (χ3v) is 5.03. The highest BCUT2D eigenvalue weighted by atomic mass is 35.5. The molecule has 0 bridgehead atoms. The van der Waals surface area contributed by atoms with Gasteiger partial charge in [0.1, 0.15) is 24.2 Å². The van der Waals surface area contributed by atoms with Crippen LogP contribution >= 0.6 is 12.4 Å². The molecule has 0 radical (unpaired) electrons. The van der Waals surface area contributed by atoms with Crippen LogP contribution in [0.2, 0.25) is 0 Å². The summed E-state index contributed by atoms with van der Waals surface area (Å²) < 4.78 is 11.3. The lowest BCUT2D eigenvalue weighted by atomic mass is 10.1.